The van der Waals surface area contributed by atoms with Crippen molar-refractivity contribution in [3.63, 3.8) is 0 Å². The molecule has 0 radical (unpaired) electrons. The first-order chi connectivity index (χ1) is 8.98. The van der Waals surface area contributed by atoms with Crippen molar-refractivity contribution in [3.8, 4) is 0 Å². The van der Waals surface area contributed by atoms with Crippen molar-refractivity contribution in [1.29, 1.82) is 0 Å². The average Bonchev–Trinajstić information content (AvgIpc) is 2.31. The topological polar surface area (TPSA) is 83.5 Å². The lowest BCUT2D eigenvalue weighted by Crippen LogP contribution is -2.36. The molecule has 0 bridgehead atoms. The number of carboxylic acid groups (broad SMARTS) is 1. The summed E-state index contributed by atoms with van der Waals surface area (Å²) in [4.78, 5) is 8.90. The molecule has 0 spiro atoms. The SMILES string of the molecule is CC(O)(CN)Cc1ccc(F)cc1.O=C(O)C(F)(F)F. The van der Waals surface area contributed by atoms with Crippen LogP contribution in [-0.4, -0.2) is 34.5 Å². The summed E-state index contributed by atoms with van der Waals surface area (Å²) in [7, 11) is 0. The van der Waals surface area contributed by atoms with Gasteiger partial charge in [-0.3, -0.25) is 0 Å². The molecule has 20 heavy (non-hydrogen) atoms. The van der Waals surface area contributed by atoms with Crippen LogP contribution in [0.15, 0.2) is 24.3 Å². The number of halogens is 4. The van der Waals surface area contributed by atoms with E-state index in [-0.39, 0.29) is 12.4 Å². The Morgan fingerprint density at radius 3 is 1.95 bits per heavy atom. The Bertz CT molecular complexity index is 429. The number of carbonyl (C=O) groups is 1. The summed E-state index contributed by atoms with van der Waals surface area (Å²) in [6.45, 7) is 1.86. The number of hydrogen-bond acceptors (Lipinski definition) is 3. The third-order valence-corrected chi connectivity index (χ3v) is 2.18. The lowest BCUT2D eigenvalue weighted by Gasteiger charge is -2.20. The van der Waals surface area contributed by atoms with Gasteiger partial charge in [0.2, 0.25) is 0 Å². The monoisotopic (exact) mass is 297 g/mol. The van der Waals surface area contributed by atoms with Gasteiger partial charge in [0.05, 0.1) is 5.60 Å². The minimum absolute atomic E-state index is 0.199. The van der Waals surface area contributed by atoms with E-state index in [0.717, 1.165) is 5.56 Å². The van der Waals surface area contributed by atoms with Crippen LogP contribution in [0.3, 0.4) is 0 Å². The molecule has 1 unspecified atom stereocenters. The highest BCUT2D eigenvalue weighted by Crippen LogP contribution is 2.13. The quantitative estimate of drug-likeness (QED) is 0.742. The van der Waals surface area contributed by atoms with Crippen LogP contribution in [0.1, 0.15) is 12.5 Å². The first-order valence-electron chi connectivity index (χ1n) is 5.45. The summed E-state index contributed by atoms with van der Waals surface area (Å²) in [5.74, 6) is -3.02. The molecule has 4 N–H and O–H groups in total. The summed E-state index contributed by atoms with van der Waals surface area (Å²) in [6.07, 6.45) is -4.64. The second-order valence-corrected chi connectivity index (χ2v) is 4.31. The highest BCUT2D eigenvalue weighted by molar-refractivity contribution is 5.73. The van der Waals surface area contributed by atoms with Gasteiger partial charge in [-0.25, -0.2) is 9.18 Å². The Kier molecular flexibility index (Phi) is 6.60. The molecule has 4 nitrogen and oxygen atoms in total. The van der Waals surface area contributed by atoms with E-state index < -0.39 is 17.7 Å². The van der Waals surface area contributed by atoms with Crippen LogP contribution >= 0.6 is 0 Å². The Labute approximate surface area is 112 Å². The van der Waals surface area contributed by atoms with Crippen LogP contribution in [0.4, 0.5) is 17.6 Å². The lowest BCUT2D eigenvalue weighted by molar-refractivity contribution is -0.192. The van der Waals surface area contributed by atoms with Crippen LogP contribution in [0.5, 0.6) is 0 Å². The van der Waals surface area contributed by atoms with Crippen molar-refractivity contribution in [2.24, 2.45) is 5.73 Å². The van der Waals surface area contributed by atoms with E-state index in [0.29, 0.717) is 6.42 Å². The van der Waals surface area contributed by atoms with Crippen molar-refractivity contribution in [1.82, 2.24) is 0 Å². The lowest BCUT2D eigenvalue weighted by atomic mass is 9.97. The molecule has 8 heteroatoms. The minimum atomic E-state index is -5.08. The van der Waals surface area contributed by atoms with Crippen LogP contribution in [0, 0.1) is 5.82 Å². The molecule has 0 amide bonds. The molecule has 0 saturated carbocycles. The molecular formula is C12H15F4NO3. The molecule has 0 aromatic heterocycles. The number of rotatable bonds is 3. The van der Waals surface area contributed by atoms with E-state index in [2.05, 4.69) is 0 Å². The standard InChI is InChI=1S/C10H14FNO.C2HF3O2/c1-10(13,7-12)6-8-2-4-9(11)5-3-8;3-2(4,5)1(6)7/h2-5,13H,6-7,12H2,1H3;(H,6,7). The molecule has 114 valence electrons. The molecule has 0 aliphatic carbocycles. The first-order valence-corrected chi connectivity index (χ1v) is 5.45. The van der Waals surface area contributed by atoms with Crippen LogP contribution < -0.4 is 5.73 Å². The van der Waals surface area contributed by atoms with Crippen LogP contribution in [0.25, 0.3) is 0 Å². The number of alkyl halides is 3. The predicted octanol–water partition coefficient (Wildman–Crippen LogP) is 1.71. The zero-order chi connectivity index (χ0) is 16.0. The van der Waals surface area contributed by atoms with E-state index in [1.54, 1.807) is 19.1 Å². The molecule has 1 aromatic carbocycles. The molecule has 0 aliphatic heterocycles. The molecule has 0 heterocycles. The fraction of sp³-hybridized carbons (Fsp3) is 0.417. The third-order valence-electron chi connectivity index (χ3n) is 2.18. The van der Waals surface area contributed by atoms with Crippen LogP contribution in [0.2, 0.25) is 0 Å². The Balaban J connectivity index is 0.000000441. The number of aliphatic hydroxyl groups is 1. The van der Waals surface area contributed by atoms with Gasteiger partial charge in [-0.2, -0.15) is 13.2 Å². The van der Waals surface area contributed by atoms with Crippen molar-refractivity contribution < 1.29 is 32.6 Å². The fourth-order valence-electron chi connectivity index (χ4n) is 1.11. The van der Waals surface area contributed by atoms with Gasteiger partial charge in [-0.05, 0) is 24.6 Å². The Morgan fingerprint density at radius 2 is 1.65 bits per heavy atom. The van der Waals surface area contributed by atoms with Gasteiger partial charge in [-0.15, -0.1) is 0 Å². The summed E-state index contributed by atoms with van der Waals surface area (Å²) in [6, 6.07) is 6.06. The van der Waals surface area contributed by atoms with Crippen LogP contribution in [-0.2, 0) is 11.2 Å². The molecule has 1 rings (SSSR count). The van der Waals surface area contributed by atoms with Gasteiger partial charge in [0, 0.05) is 13.0 Å². The van der Waals surface area contributed by atoms with E-state index in [9.17, 15) is 22.7 Å². The van der Waals surface area contributed by atoms with Gasteiger partial charge in [0.25, 0.3) is 0 Å². The Hall–Kier alpha value is -1.67. The summed E-state index contributed by atoms with van der Waals surface area (Å²) in [5, 5.41) is 16.8. The maximum absolute atomic E-state index is 12.5. The molecule has 0 aliphatic rings. The maximum Gasteiger partial charge on any atom is 0.490 e. The summed E-state index contributed by atoms with van der Waals surface area (Å²) in [5.41, 5.74) is 5.34. The largest absolute Gasteiger partial charge is 0.490 e. The molecule has 0 fully saturated rings. The highest BCUT2D eigenvalue weighted by atomic mass is 19.4. The van der Waals surface area contributed by atoms with Gasteiger partial charge in [0.1, 0.15) is 5.82 Å². The Morgan fingerprint density at radius 1 is 1.25 bits per heavy atom. The van der Waals surface area contributed by atoms with Gasteiger partial charge >= 0.3 is 12.1 Å². The smallest absolute Gasteiger partial charge is 0.475 e. The van der Waals surface area contributed by atoms with E-state index in [4.69, 9.17) is 15.6 Å². The maximum atomic E-state index is 12.5. The molecule has 1 atom stereocenters. The number of hydrogen-bond donors (Lipinski definition) is 3. The average molecular weight is 297 g/mol. The fourth-order valence-corrected chi connectivity index (χ4v) is 1.11. The highest BCUT2D eigenvalue weighted by Gasteiger charge is 2.38. The van der Waals surface area contributed by atoms with E-state index in [1.165, 1.54) is 12.1 Å². The molecular weight excluding hydrogens is 282 g/mol. The third kappa shape index (κ3) is 7.70. The first kappa shape index (κ1) is 18.3. The summed E-state index contributed by atoms with van der Waals surface area (Å²) < 4.78 is 44.3. The van der Waals surface area contributed by atoms with E-state index >= 15 is 0 Å². The van der Waals surface area contributed by atoms with Crippen molar-refractivity contribution in [2.75, 3.05) is 6.54 Å². The molecule has 0 saturated heterocycles. The number of nitrogens with two attached hydrogens (primary N) is 1. The zero-order valence-electron chi connectivity index (χ0n) is 10.6. The van der Waals surface area contributed by atoms with Crippen molar-refractivity contribution in [2.45, 2.75) is 25.1 Å². The number of carboxylic acids is 1. The van der Waals surface area contributed by atoms with E-state index in [1.807, 2.05) is 0 Å². The normalized spacial score (nSPS) is 13.9. The predicted molar refractivity (Wildman–Crippen MR) is 63.5 cm³/mol. The second kappa shape index (κ2) is 7.20. The summed E-state index contributed by atoms with van der Waals surface area (Å²) >= 11 is 0. The second-order valence-electron chi connectivity index (χ2n) is 4.31. The number of benzene rings is 1. The minimum Gasteiger partial charge on any atom is -0.475 e. The van der Waals surface area contributed by atoms with Gasteiger partial charge in [-0.1, -0.05) is 12.1 Å². The molecule has 1 aromatic rings. The van der Waals surface area contributed by atoms with Crippen molar-refractivity contribution >= 4 is 5.97 Å². The number of aliphatic carboxylic acids is 1. The zero-order valence-corrected chi connectivity index (χ0v) is 10.6. The van der Waals surface area contributed by atoms with Crippen molar-refractivity contribution in [3.05, 3.63) is 35.6 Å². The van der Waals surface area contributed by atoms with Gasteiger partial charge in [0.15, 0.2) is 0 Å². The van der Waals surface area contributed by atoms with Gasteiger partial charge < -0.3 is 15.9 Å².